The molecular weight excluding hydrogens is 309 g/mol. The van der Waals surface area contributed by atoms with Crippen molar-refractivity contribution in [2.24, 2.45) is 11.5 Å². The van der Waals surface area contributed by atoms with Crippen LogP contribution in [0, 0.1) is 0 Å². The zero-order valence-electron chi connectivity index (χ0n) is 14.1. The molecule has 7 heteroatoms. The molecule has 0 aliphatic carbocycles. The van der Waals surface area contributed by atoms with Gasteiger partial charge in [-0.2, -0.15) is 0 Å². The highest BCUT2D eigenvalue weighted by Crippen LogP contribution is 2.38. The van der Waals surface area contributed by atoms with Crippen LogP contribution in [0.2, 0.25) is 0 Å². The Labute approximate surface area is 143 Å². The molecular formula is C16H24BN3O2S. The third-order valence-electron chi connectivity index (χ3n) is 4.30. The Balaban J connectivity index is 2.25. The van der Waals surface area contributed by atoms with Crippen LogP contribution in [0.3, 0.4) is 0 Å². The summed E-state index contributed by atoms with van der Waals surface area (Å²) in [6, 6.07) is 7.74. The summed E-state index contributed by atoms with van der Waals surface area (Å²) in [7, 11) is -0.447. The second kappa shape index (κ2) is 6.61. The van der Waals surface area contributed by atoms with E-state index in [4.69, 9.17) is 33.0 Å². The van der Waals surface area contributed by atoms with Crippen LogP contribution >= 0.6 is 12.2 Å². The van der Waals surface area contributed by atoms with E-state index in [2.05, 4.69) is 5.32 Å². The van der Waals surface area contributed by atoms with Gasteiger partial charge in [0.15, 0.2) is 5.11 Å². The summed E-state index contributed by atoms with van der Waals surface area (Å²) in [5.74, 6) is 0. The molecule has 1 saturated heterocycles. The fraction of sp³-hybridized carbons (Fsp3) is 0.438. The Hall–Kier alpha value is -1.41. The first-order chi connectivity index (χ1) is 10.6. The maximum absolute atomic E-state index is 6.06. The maximum Gasteiger partial charge on any atom is 0.491 e. The predicted molar refractivity (Wildman–Crippen MR) is 100.0 cm³/mol. The summed E-state index contributed by atoms with van der Waals surface area (Å²) >= 11 is 4.86. The van der Waals surface area contributed by atoms with E-state index in [1.54, 1.807) is 0 Å². The first-order valence-electron chi connectivity index (χ1n) is 7.57. The van der Waals surface area contributed by atoms with Gasteiger partial charge in [-0.25, -0.2) is 0 Å². The lowest BCUT2D eigenvalue weighted by atomic mass is 9.77. The minimum absolute atomic E-state index is 0.233. The average Bonchev–Trinajstić information content (AvgIpc) is 2.64. The highest BCUT2D eigenvalue weighted by atomic mass is 32.1. The summed E-state index contributed by atoms with van der Waals surface area (Å²) in [6.07, 6.45) is 1.98. The standard InChI is InChI=1S/C16H24BN3O2S/c1-15(2)16(3,4)22-17(21-15)12(10-18)8-11-6-5-7-13(9-11)20-14(19)23/h5-9H,10,18H2,1-4H3,(H3,19,20,23). The zero-order valence-corrected chi connectivity index (χ0v) is 14.9. The van der Waals surface area contributed by atoms with Crippen molar-refractivity contribution in [3.63, 3.8) is 0 Å². The van der Waals surface area contributed by atoms with Gasteiger partial charge in [-0.3, -0.25) is 0 Å². The topological polar surface area (TPSA) is 82.5 Å². The second-order valence-electron chi connectivity index (χ2n) is 6.63. The van der Waals surface area contributed by atoms with Crippen LogP contribution in [0.25, 0.3) is 6.08 Å². The molecule has 0 saturated carbocycles. The van der Waals surface area contributed by atoms with Crippen molar-refractivity contribution in [1.82, 2.24) is 0 Å². The van der Waals surface area contributed by atoms with E-state index in [0.717, 1.165) is 16.7 Å². The summed E-state index contributed by atoms with van der Waals surface area (Å²) < 4.78 is 12.1. The molecule has 1 fully saturated rings. The van der Waals surface area contributed by atoms with Gasteiger partial charge in [0.1, 0.15) is 0 Å². The van der Waals surface area contributed by atoms with Gasteiger partial charge >= 0.3 is 7.12 Å². The molecule has 1 aromatic carbocycles. The van der Waals surface area contributed by atoms with Crippen molar-refractivity contribution in [2.45, 2.75) is 38.9 Å². The summed E-state index contributed by atoms with van der Waals surface area (Å²) in [6.45, 7) is 8.44. The van der Waals surface area contributed by atoms with E-state index in [1.165, 1.54) is 0 Å². The van der Waals surface area contributed by atoms with Crippen LogP contribution < -0.4 is 16.8 Å². The molecule has 0 bridgehead atoms. The van der Waals surface area contributed by atoms with Gasteiger partial charge in [0.2, 0.25) is 0 Å². The number of thiocarbonyl (C=S) groups is 1. The molecule has 0 spiro atoms. The first-order valence-corrected chi connectivity index (χ1v) is 7.98. The van der Waals surface area contributed by atoms with E-state index in [1.807, 2.05) is 58.0 Å². The third-order valence-corrected chi connectivity index (χ3v) is 4.40. The van der Waals surface area contributed by atoms with Crippen molar-refractivity contribution >= 4 is 36.2 Å². The summed E-state index contributed by atoms with van der Waals surface area (Å²) in [5, 5.41) is 3.15. The highest BCUT2D eigenvalue weighted by Gasteiger charge is 2.52. The van der Waals surface area contributed by atoms with Gasteiger partial charge in [0.25, 0.3) is 0 Å². The van der Waals surface area contributed by atoms with Crippen molar-refractivity contribution in [1.29, 1.82) is 0 Å². The molecule has 1 heterocycles. The summed E-state index contributed by atoms with van der Waals surface area (Å²) in [5.41, 5.74) is 13.3. The monoisotopic (exact) mass is 333 g/mol. The predicted octanol–water partition coefficient (Wildman–Crippen LogP) is 2.32. The van der Waals surface area contributed by atoms with Crippen molar-refractivity contribution < 1.29 is 9.31 Å². The van der Waals surface area contributed by atoms with E-state index in [0.29, 0.717) is 6.54 Å². The van der Waals surface area contributed by atoms with Crippen LogP contribution in [0.1, 0.15) is 33.3 Å². The third kappa shape index (κ3) is 4.12. The first kappa shape index (κ1) is 17.9. The van der Waals surface area contributed by atoms with E-state index >= 15 is 0 Å². The van der Waals surface area contributed by atoms with Crippen molar-refractivity contribution in [2.75, 3.05) is 11.9 Å². The lowest BCUT2D eigenvalue weighted by Crippen LogP contribution is -2.41. The maximum atomic E-state index is 6.06. The quantitative estimate of drug-likeness (QED) is 0.579. The van der Waals surface area contributed by atoms with E-state index < -0.39 is 7.12 Å². The Kier molecular flexibility index (Phi) is 5.15. The number of nitrogens with two attached hydrogens (primary N) is 2. The molecule has 0 radical (unpaired) electrons. The molecule has 5 N–H and O–H groups in total. The average molecular weight is 333 g/mol. The zero-order chi connectivity index (χ0) is 17.3. The number of hydrogen-bond acceptors (Lipinski definition) is 4. The van der Waals surface area contributed by atoms with E-state index in [-0.39, 0.29) is 16.3 Å². The Morgan fingerprint density at radius 3 is 2.39 bits per heavy atom. The van der Waals surface area contributed by atoms with Crippen molar-refractivity contribution in [3.8, 4) is 0 Å². The van der Waals surface area contributed by atoms with Crippen LogP contribution in [0.4, 0.5) is 5.69 Å². The number of anilines is 1. The smallest absolute Gasteiger partial charge is 0.400 e. The van der Waals surface area contributed by atoms with Crippen LogP contribution in [-0.4, -0.2) is 30.0 Å². The molecule has 0 amide bonds. The second-order valence-corrected chi connectivity index (χ2v) is 7.07. The van der Waals surface area contributed by atoms with E-state index in [9.17, 15) is 0 Å². The molecule has 124 valence electrons. The molecule has 1 aliphatic rings. The Morgan fingerprint density at radius 1 is 1.26 bits per heavy atom. The fourth-order valence-electron chi connectivity index (χ4n) is 2.28. The van der Waals surface area contributed by atoms with Gasteiger partial charge in [-0.1, -0.05) is 18.2 Å². The van der Waals surface area contributed by atoms with Gasteiger partial charge < -0.3 is 26.1 Å². The number of nitrogens with one attached hydrogen (secondary N) is 1. The number of hydrogen-bond donors (Lipinski definition) is 3. The molecule has 5 nitrogen and oxygen atoms in total. The van der Waals surface area contributed by atoms with Crippen LogP contribution in [0.15, 0.2) is 29.7 Å². The Bertz CT molecular complexity index is 616. The largest absolute Gasteiger partial charge is 0.491 e. The van der Waals surface area contributed by atoms with Gasteiger partial charge in [-0.15, -0.1) is 0 Å². The normalized spacial score (nSPS) is 19.7. The van der Waals surface area contributed by atoms with Crippen LogP contribution in [0.5, 0.6) is 0 Å². The van der Waals surface area contributed by atoms with Gasteiger partial charge in [0, 0.05) is 12.2 Å². The minimum Gasteiger partial charge on any atom is -0.400 e. The highest BCUT2D eigenvalue weighted by molar-refractivity contribution is 7.80. The molecule has 1 aromatic rings. The lowest BCUT2D eigenvalue weighted by Gasteiger charge is -2.32. The van der Waals surface area contributed by atoms with Crippen molar-refractivity contribution in [3.05, 3.63) is 35.3 Å². The van der Waals surface area contributed by atoms with Gasteiger partial charge in [-0.05, 0) is 63.1 Å². The molecule has 0 atom stereocenters. The number of rotatable bonds is 4. The molecule has 23 heavy (non-hydrogen) atoms. The number of benzene rings is 1. The SMILES string of the molecule is CC1(C)OB(C(=Cc2cccc(NC(N)=S)c2)CN)OC1(C)C. The minimum atomic E-state index is -0.447. The molecule has 0 aromatic heterocycles. The molecule has 0 unspecified atom stereocenters. The lowest BCUT2D eigenvalue weighted by molar-refractivity contribution is 0.00578. The molecule has 2 rings (SSSR count). The van der Waals surface area contributed by atoms with Crippen LogP contribution in [-0.2, 0) is 9.31 Å². The summed E-state index contributed by atoms with van der Waals surface area (Å²) in [4.78, 5) is 0. The Morgan fingerprint density at radius 2 is 1.87 bits per heavy atom. The fourth-order valence-corrected chi connectivity index (χ4v) is 2.40. The molecule has 1 aliphatic heterocycles. The van der Waals surface area contributed by atoms with Gasteiger partial charge in [0.05, 0.1) is 11.2 Å².